The van der Waals surface area contributed by atoms with Gasteiger partial charge in [0.15, 0.2) is 0 Å². The first-order chi connectivity index (χ1) is 11.5. The van der Waals surface area contributed by atoms with Crippen LogP contribution in [-0.4, -0.2) is 23.3 Å². The summed E-state index contributed by atoms with van der Waals surface area (Å²) in [5.41, 5.74) is 1.64. The Hall–Kier alpha value is -2.56. The maximum atomic E-state index is 12.3. The van der Waals surface area contributed by atoms with Crippen molar-refractivity contribution in [2.45, 2.75) is 39.3 Å². The molecule has 1 fully saturated rings. The molecule has 5 nitrogen and oxygen atoms in total. The van der Waals surface area contributed by atoms with Crippen molar-refractivity contribution >= 4 is 11.8 Å². The van der Waals surface area contributed by atoms with Crippen LogP contribution in [0.1, 0.15) is 53.2 Å². The van der Waals surface area contributed by atoms with Crippen LogP contribution in [0, 0.1) is 6.92 Å². The molecule has 2 aromatic rings. The zero-order valence-corrected chi connectivity index (χ0v) is 14.0. The molecule has 2 heterocycles. The quantitative estimate of drug-likeness (QED) is 0.918. The highest BCUT2D eigenvalue weighted by Gasteiger charge is 2.20. The topological polar surface area (TPSA) is 62.6 Å². The molecule has 0 aliphatic carbocycles. The number of nitrogens with one attached hydrogen (secondary N) is 1. The highest BCUT2D eigenvalue weighted by molar-refractivity contribution is 5.94. The predicted octanol–water partition coefficient (Wildman–Crippen LogP) is 3.20. The van der Waals surface area contributed by atoms with Gasteiger partial charge in [0.25, 0.3) is 5.91 Å². The third-order valence-electron chi connectivity index (χ3n) is 4.30. The molecule has 0 bridgehead atoms. The molecule has 2 amide bonds. The summed E-state index contributed by atoms with van der Waals surface area (Å²) in [5, 5.41) is 2.93. The van der Waals surface area contributed by atoms with Crippen molar-refractivity contribution in [1.82, 2.24) is 10.2 Å². The molecule has 1 unspecified atom stereocenters. The second kappa shape index (κ2) is 6.91. The Labute approximate surface area is 141 Å². The smallest absolute Gasteiger partial charge is 0.251 e. The Morgan fingerprint density at radius 2 is 2.00 bits per heavy atom. The first kappa shape index (κ1) is 16.3. The van der Waals surface area contributed by atoms with E-state index >= 15 is 0 Å². The molecule has 1 aliphatic heterocycles. The number of hydrogen-bond donors (Lipinski definition) is 1. The highest BCUT2D eigenvalue weighted by Crippen LogP contribution is 2.17. The summed E-state index contributed by atoms with van der Waals surface area (Å²) < 4.78 is 5.53. The van der Waals surface area contributed by atoms with Gasteiger partial charge >= 0.3 is 0 Å². The molecule has 1 aromatic heterocycles. The van der Waals surface area contributed by atoms with Crippen molar-refractivity contribution in [2.75, 3.05) is 6.54 Å². The van der Waals surface area contributed by atoms with Crippen LogP contribution in [0.4, 0.5) is 0 Å². The fourth-order valence-corrected chi connectivity index (χ4v) is 2.89. The number of carbonyl (C=O) groups is 2. The molecular formula is C19H22N2O3. The standard InChI is InChI=1S/C19H22N2O3/c1-13-5-10-17(24-13)14(2)20-19(23)16-8-6-15(7-9-16)12-21-11-3-4-18(21)22/h5-10,14H,3-4,11-12H2,1-2H3,(H,20,23). The van der Waals surface area contributed by atoms with E-state index in [0.29, 0.717) is 18.5 Å². The van der Waals surface area contributed by atoms with Crippen molar-refractivity contribution in [3.8, 4) is 0 Å². The lowest BCUT2D eigenvalue weighted by Gasteiger charge is -2.16. The summed E-state index contributed by atoms with van der Waals surface area (Å²) in [6.07, 6.45) is 1.58. The third-order valence-corrected chi connectivity index (χ3v) is 4.30. The maximum absolute atomic E-state index is 12.3. The third kappa shape index (κ3) is 3.67. The lowest BCUT2D eigenvalue weighted by molar-refractivity contribution is -0.128. The zero-order valence-electron chi connectivity index (χ0n) is 14.0. The summed E-state index contributed by atoms with van der Waals surface area (Å²) in [6.45, 7) is 5.20. The highest BCUT2D eigenvalue weighted by atomic mass is 16.3. The maximum Gasteiger partial charge on any atom is 0.251 e. The van der Waals surface area contributed by atoms with Gasteiger partial charge in [-0.3, -0.25) is 9.59 Å². The minimum absolute atomic E-state index is 0.139. The van der Waals surface area contributed by atoms with Crippen molar-refractivity contribution in [3.05, 3.63) is 59.0 Å². The minimum atomic E-state index is -0.187. The van der Waals surface area contributed by atoms with E-state index in [9.17, 15) is 9.59 Å². The van der Waals surface area contributed by atoms with E-state index in [4.69, 9.17) is 4.42 Å². The molecule has 3 rings (SSSR count). The summed E-state index contributed by atoms with van der Waals surface area (Å²) in [5.74, 6) is 1.64. The number of hydrogen-bond acceptors (Lipinski definition) is 3. The molecule has 0 spiro atoms. The van der Waals surface area contributed by atoms with Gasteiger partial charge < -0.3 is 14.6 Å². The number of amides is 2. The average molecular weight is 326 g/mol. The molecule has 1 aromatic carbocycles. The van der Waals surface area contributed by atoms with Gasteiger partial charge in [-0.05, 0) is 50.1 Å². The predicted molar refractivity (Wildman–Crippen MR) is 90.4 cm³/mol. The van der Waals surface area contributed by atoms with Gasteiger partial charge in [0, 0.05) is 25.1 Å². The summed E-state index contributed by atoms with van der Waals surface area (Å²) in [7, 11) is 0. The SMILES string of the molecule is Cc1ccc(C(C)NC(=O)c2ccc(CN3CCCC3=O)cc2)o1. The summed E-state index contributed by atoms with van der Waals surface area (Å²) in [6, 6.07) is 11.0. The summed E-state index contributed by atoms with van der Waals surface area (Å²) >= 11 is 0. The van der Waals surface area contributed by atoms with Crippen LogP contribution >= 0.6 is 0 Å². The van der Waals surface area contributed by atoms with E-state index in [1.807, 2.05) is 43.0 Å². The van der Waals surface area contributed by atoms with Crippen molar-refractivity contribution in [2.24, 2.45) is 0 Å². The second-order valence-electron chi connectivity index (χ2n) is 6.26. The van der Waals surface area contributed by atoms with E-state index in [1.54, 1.807) is 12.1 Å². The number of nitrogens with zero attached hydrogens (tertiary/aromatic N) is 1. The van der Waals surface area contributed by atoms with Crippen LogP contribution in [0.3, 0.4) is 0 Å². The number of likely N-dealkylation sites (tertiary alicyclic amines) is 1. The molecule has 0 radical (unpaired) electrons. The first-order valence-electron chi connectivity index (χ1n) is 8.27. The molecule has 5 heteroatoms. The normalized spacial score (nSPS) is 15.6. The summed E-state index contributed by atoms with van der Waals surface area (Å²) in [4.78, 5) is 25.8. The molecule has 1 N–H and O–H groups in total. The second-order valence-corrected chi connectivity index (χ2v) is 6.26. The number of carbonyl (C=O) groups excluding carboxylic acids is 2. The number of aryl methyl sites for hydroxylation is 1. The van der Waals surface area contributed by atoms with E-state index in [-0.39, 0.29) is 17.9 Å². The molecule has 24 heavy (non-hydrogen) atoms. The van der Waals surface area contributed by atoms with Crippen LogP contribution in [0.5, 0.6) is 0 Å². The van der Waals surface area contributed by atoms with Crippen LogP contribution in [-0.2, 0) is 11.3 Å². The van der Waals surface area contributed by atoms with Crippen molar-refractivity contribution in [3.63, 3.8) is 0 Å². The lowest BCUT2D eigenvalue weighted by atomic mass is 10.1. The fourth-order valence-electron chi connectivity index (χ4n) is 2.89. The molecule has 126 valence electrons. The van der Waals surface area contributed by atoms with E-state index in [2.05, 4.69) is 5.32 Å². The van der Waals surface area contributed by atoms with Gasteiger partial charge in [-0.15, -0.1) is 0 Å². The van der Waals surface area contributed by atoms with Gasteiger partial charge in [0.2, 0.25) is 5.91 Å². The lowest BCUT2D eigenvalue weighted by Crippen LogP contribution is -2.26. The largest absolute Gasteiger partial charge is 0.464 e. The minimum Gasteiger partial charge on any atom is -0.464 e. The Morgan fingerprint density at radius 1 is 1.25 bits per heavy atom. The molecule has 1 atom stereocenters. The van der Waals surface area contributed by atoms with Crippen LogP contribution < -0.4 is 5.32 Å². The number of furan rings is 1. The molecule has 1 aliphatic rings. The van der Waals surface area contributed by atoms with Crippen LogP contribution in [0.2, 0.25) is 0 Å². The monoisotopic (exact) mass is 326 g/mol. The van der Waals surface area contributed by atoms with Gasteiger partial charge in [0.05, 0.1) is 6.04 Å². The zero-order chi connectivity index (χ0) is 17.1. The van der Waals surface area contributed by atoms with Gasteiger partial charge in [-0.1, -0.05) is 12.1 Å². The number of benzene rings is 1. The molecule has 0 saturated carbocycles. The fraction of sp³-hybridized carbons (Fsp3) is 0.368. The first-order valence-corrected chi connectivity index (χ1v) is 8.27. The Bertz CT molecular complexity index is 733. The van der Waals surface area contributed by atoms with E-state index in [1.165, 1.54) is 0 Å². The molecular weight excluding hydrogens is 304 g/mol. The van der Waals surface area contributed by atoms with Crippen LogP contribution in [0.15, 0.2) is 40.8 Å². The van der Waals surface area contributed by atoms with Gasteiger partial charge in [-0.2, -0.15) is 0 Å². The van der Waals surface area contributed by atoms with Crippen molar-refractivity contribution in [1.29, 1.82) is 0 Å². The Balaban J connectivity index is 1.60. The average Bonchev–Trinajstić information content (AvgIpc) is 3.17. The van der Waals surface area contributed by atoms with Gasteiger partial charge in [-0.25, -0.2) is 0 Å². The Morgan fingerprint density at radius 3 is 2.58 bits per heavy atom. The molecule has 1 saturated heterocycles. The van der Waals surface area contributed by atoms with E-state index < -0.39 is 0 Å². The van der Waals surface area contributed by atoms with E-state index in [0.717, 1.165) is 30.0 Å². The van der Waals surface area contributed by atoms with Gasteiger partial charge in [0.1, 0.15) is 11.5 Å². The van der Waals surface area contributed by atoms with Crippen molar-refractivity contribution < 1.29 is 14.0 Å². The number of rotatable bonds is 5. The Kier molecular flexibility index (Phi) is 4.69. The van der Waals surface area contributed by atoms with Crippen LogP contribution in [0.25, 0.3) is 0 Å².